The van der Waals surface area contributed by atoms with E-state index >= 15 is 0 Å². The van der Waals surface area contributed by atoms with Gasteiger partial charge in [0.25, 0.3) is 0 Å². The van der Waals surface area contributed by atoms with E-state index in [4.69, 9.17) is 13.8 Å². The predicted octanol–water partition coefficient (Wildman–Crippen LogP) is 3.35. The maximum atomic E-state index is 15.0. The second-order valence-electron chi connectivity index (χ2n) is 7.54. The molecule has 0 bridgehead atoms. The number of benzene rings is 1. The molecule has 4 rings (SSSR count). The Balaban J connectivity index is 1.58. The van der Waals surface area contributed by atoms with Gasteiger partial charge in [0.15, 0.2) is 29.1 Å². The van der Waals surface area contributed by atoms with Crippen molar-refractivity contribution in [1.82, 2.24) is 5.16 Å². The van der Waals surface area contributed by atoms with E-state index in [1.165, 1.54) is 13.0 Å². The number of anilines is 3. The summed E-state index contributed by atoms with van der Waals surface area (Å²) in [6.07, 6.45) is 1.18. The summed E-state index contributed by atoms with van der Waals surface area (Å²) in [6, 6.07) is 1.93. The first-order chi connectivity index (χ1) is 16.6. The summed E-state index contributed by atoms with van der Waals surface area (Å²) in [4.78, 5) is 35.8. The Morgan fingerprint density at radius 1 is 1.31 bits per heavy atom. The van der Waals surface area contributed by atoms with Gasteiger partial charge in [-0.05, 0) is 13.0 Å². The normalized spacial score (nSPS) is 19.7. The number of cyclic esters (lactones) is 1. The highest BCUT2D eigenvalue weighted by molar-refractivity contribution is 7.54. The van der Waals surface area contributed by atoms with Crippen LogP contribution < -0.4 is 14.5 Å². The zero-order chi connectivity index (χ0) is 25.3. The second-order valence-corrected chi connectivity index (χ2v) is 9.27. The minimum Gasteiger partial charge on any atom is -0.442 e. The Bertz CT molecular complexity index is 1210. The van der Waals surface area contributed by atoms with E-state index < -0.39 is 61.9 Å². The van der Waals surface area contributed by atoms with Gasteiger partial charge in [0, 0.05) is 31.3 Å². The molecular formula is C20H20F3N4O7P. The molecule has 0 aliphatic carbocycles. The van der Waals surface area contributed by atoms with Gasteiger partial charge in [-0.3, -0.25) is 18.9 Å². The number of nitrogens with zero attached hydrogens (tertiary/aromatic N) is 4. The molecule has 2 aliphatic rings. The van der Waals surface area contributed by atoms with Crippen molar-refractivity contribution >= 4 is 36.8 Å². The third kappa shape index (κ3) is 4.90. The number of hydrogen-bond acceptors (Lipinski definition) is 8. The molecule has 11 nitrogen and oxygen atoms in total. The molecule has 1 N–H and O–H groups in total. The van der Waals surface area contributed by atoms with Gasteiger partial charge in [0.1, 0.15) is 18.1 Å². The molecule has 3 heterocycles. The lowest BCUT2D eigenvalue weighted by Gasteiger charge is -2.27. The Morgan fingerprint density at radius 2 is 2.09 bits per heavy atom. The summed E-state index contributed by atoms with van der Waals surface area (Å²) >= 11 is 0. The highest BCUT2D eigenvalue weighted by atomic mass is 31.2. The van der Waals surface area contributed by atoms with E-state index in [0.717, 1.165) is 28.1 Å². The van der Waals surface area contributed by atoms with Gasteiger partial charge in [-0.1, -0.05) is 5.16 Å². The van der Waals surface area contributed by atoms with Crippen molar-refractivity contribution in [2.75, 3.05) is 40.7 Å². The van der Waals surface area contributed by atoms with Crippen LogP contribution in [-0.4, -0.2) is 54.3 Å². The Kier molecular flexibility index (Phi) is 6.88. The average molecular weight is 516 g/mol. The van der Waals surface area contributed by atoms with Gasteiger partial charge < -0.3 is 19.1 Å². The fourth-order valence-electron chi connectivity index (χ4n) is 3.69. The Hall–Kier alpha value is -3.35. The summed E-state index contributed by atoms with van der Waals surface area (Å²) in [5.41, 5.74) is -1.41. The van der Waals surface area contributed by atoms with Crippen LogP contribution in [0.5, 0.6) is 0 Å². The number of ether oxygens (including phenoxy) is 1. The largest absolute Gasteiger partial charge is 0.442 e. The van der Waals surface area contributed by atoms with Gasteiger partial charge in [0.05, 0.1) is 25.4 Å². The third-order valence-electron chi connectivity index (χ3n) is 5.27. The molecule has 15 heteroatoms. The van der Waals surface area contributed by atoms with E-state index in [1.807, 2.05) is 0 Å². The number of hydrogen-bond donors (Lipinski definition) is 1. The summed E-state index contributed by atoms with van der Waals surface area (Å²) in [7, 11) is -4.44. The summed E-state index contributed by atoms with van der Waals surface area (Å²) in [5.74, 6) is -4.52. The van der Waals surface area contributed by atoms with Crippen LogP contribution in [0.15, 0.2) is 35.2 Å². The number of halogens is 3. The Morgan fingerprint density at radius 3 is 2.71 bits per heavy atom. The average Bonchev–Trinajstić information content (AvgIpc) is 3.45. The summed E-state index contributed by atoms with van der Waals surface area (Å²) < 4.78 is 72.8. The van der Waals surface area contributed by atoms with Crippen molar-refractivity contribution in [2.24, 2.45) is 0 Å². The van der Waals surface area contributed by atoms with Crippen molar-refractivity contribution in [3.05, 3.63) is 48.1 Å². The first-order valence-electron chi connectivity index (χ1n) is 10.4. The molecule has 1 unspecified atom stereocenters. The number of carbonyl (C=O) groups is 2. The van der Waals surface area contributed by atoms with Crippen molar-refractivity contribution in [1.29, 1.82) is 0 Å². The molecule has 188 valence electrons. The molecule has 0 saturated carbocycles. The zero-order valence-electron chi connectivity index (χ0n) is 18.3. The van der Waals surface area contributed by atoms with Crippen LogP contribution in [-0.2, 0) is 18.6 Å². The molecule has 2 atom stereocenters. The smallest absolute Gasteiger partial charge is 0.434 e. The molecule has 2 aliphatic heterocycles. The molecule has 1 saturated heterocycles. The quantitative estimate of drug-likeness (QED) is 0.412. The van der Waals surface area contributed by atoms with Crippen LogP contribution in [0.3, 0.4) is 0 Å². The number of amides is 1. The van der Waals surface area contributed by atoms with Crippen LogP contribution >= 0.6 is 7.75 Å². The molecule has 0 spiro atoms. The van der Waals surface area contributed by atoms with E-state index in [1.54, 1.807) is 0 Å². The number of rotatable bonds is 8. The maximum absolute atomic E-state index is 15.0. The molecule has 1 aromatic heterocycles. The second kappa shape index (κ2) is 9.72. The highest BCUT2D eigenvalue weighted by Crippen LogP contribution is 2.49. The van der Waals surface area contributed by atoms with Gasteiger partial charge in [0.2, 0.25) is 0 Å². The minimum absolute atomic E-state index is 0.00262. The SMILES string of the molecule is CCOP(=O)(O)N(C[C@H]1CN(c2cc(F)c(N3C=CC(=O)CC3)c(F)c2F)C(=O)O1)c1ccon1. The number of allylic oxidation sites excluding steroid dienone is 1. The fraction of sp³-hybridized carbons (Fsp3) is 0.350. The van der Waals surface area contributed by atoms with E-state index in [2.05, 4.69) is 5.16 Å². The van der Waals surface area contributed by atoms with E-state index in [-0.39, 0.29) is 31.2 Å². The molecule has 35 heavy (non-hydrogen) atoms. The van der Waals surface area contributed by atoms with Crippen molar-refractivity contribution in [3.63, 3.8) is 0 Å². The van der Waals surface area contributed by atoms with Gasteiger partial charge in [-0.2, -0.15) is 0 Å². The van der Waals surface area contributed by atoms with Gasteiger partial charge in [-0.25, -0.2) is 22.5 Å². The maximum Gasteiger partial charge on any atom is 0.434 e. The summed E-state index contributed by atoms with van der Waals surface area (Å²) in [5, 5.41) is 3.59. The van der Waals surface area contributed by atoms with Crippen LogP contribution in [0.1, 0.15) is 13.3 Å². The third-order valence-corrected chi connectivity index (χ3v) is 6.85. The highest BCUT2D eigenvalue weighted by Gasteiger charge is 2.41. The number of carbonyl (C=O) groups excluding carboxylic acids is 2. The topological polar surface area (TPSA) is 126 Å². The van der Waals surface area contributed by atoms with Crippen LogP contribution in [0.4, 0.5) is 35.2 Å². The molecule has 1 amide bonds. The lowest BCUT2D eigenvalue weighted by atomic mass is 10.1. The van der Waals surface area contributed by atoms with Crippen LogP contribution in [0.2, 0.25) is 0 Å². The lowest BCUT2D eigenvalue weighted by molar-refractivity contribution is -0.114. The van der Waals surface area contributed by atoms with Crippen molar-refractivity contribution < 1.29 is 46.0 Å². The predicted molar refractivity (Wildman–Crippen MR) is 115 cm³/mol. The Labute approximate surface area is 196 Å². The monoisotopic (exact) mass is 516 g/mol. The zero-order valence-corrected chi connectivity index (χ0v) is 19.2. The summed E-state index contributed by atoms with van der Waals surface area (Å²) in [6.45, 7) is 0.518. The fourth-order valence-corrected chi connectivity index (χ4v) is 4.92. The number of aromatic nitrogens is 1. The molecule has 0 radical (unpaired) electrons. The first kappa shape index (κ1) is 24.8. The molecule has 2 aromatic rings. The van der Waals surface area contributed by atoms with E-state index in [9.17, 15) is 32.2 Å². The van der Waals surface area contributed by atoms with Crippen LogP contribution in [0, 0.1) is 17.5 Å². The van der Waals surface area contributed by atoms with Crippen molar-refractivity contribution in [3.8, 4) is 0 Å². The molecular weight excluding hydrogens is 496 g/mol. The van der Waals surface area contributed by atoms with E-state index in [0.29, 0.717) is 11.0 Å². The number of ketones is 1. The first-order valence-corrected chi connectivity index (χ1v) is 11.9. The molecule has 1 fully saturated rings. The van der Waals surface area contributed by atoms with Crippen LogP contribution in [0.25, 0.3) is 0 Å². The van der Waals surface area contributed by atoms with Gasteiger partial charge >= 0.3 is 13.8 Å². The minimum atomic E-state index is -4.44. The standard InChI is InChI=1S/C20H20F3N4O7P/c1-2-33-35(30,31)27(16-5-8-32-24-16)11-13-10-26(20(29)34-13)15-9-14(21)19(18(23)17(15)22)25-6-3-12(28)4-7-25/h3,5-6,8-9,13H,2,4,7,10-11H2,1H3,(H,30,31)/t13-/m1/s1. The lowest BCUT2D eigenvalue weighted by Crippen LogP contribution is -2.34. The van der Waals surface area contributed by atoms with Crippen molar-refractivity contribution in [2.45, 2.75) is 19.4 Å². The van der Waals surface area contributed by atoms with Gasteiger partial charge in [-0.15, -0.1) is 0 Å². The molecule has 1 aromatic carbocycles.